The van der Waals surface area contributed by atoms with Crippen molar-refractivity contribution in [2.75, 3.05) is 0 Å². The SMILES string of the molecule is CCCCCC#CC1CCC(CCc2ccc(C#Cc3ccc(Cl)cc3F)cc2)CC1. The minimum Gasteiger partial charge on any atom is -0.206 e. The second-order valence-corrected chi connectivity index (χ2v) is 9.04. The molecule has 0 N–H and O–H groups in total. The first-order valence-electron chi connectivity index (χ1n) is 11.7. The van der Waals surface area contributed by atoms with Crippen molar-refractivity contribution >= 4 is 11.6 Å². The van der Waals surface area contributed by atoms with Crippen LogP contribution in [0.25, 0.3) is 0 Å². The number of halogens is 2. The van der Waals surface area contributed by atoms with E-state index in [1.807, 2.05) is 12.1 Å². The summed E-state index contributed by atoms with van der Waals surface area (Å²) in [4.78, 5) is 0. The van der Waals surface area contributed by atoms with Crippen LogP contribution in [0, 0.1) is 41.3 Å². The molecule has 2 aromatic carbocycles. The first-order chi connectivity index (χ1) is 15.1. The molecule has 0 aliphatic heterocycles. The lowest BCUT2D eigenvalue weighted by molar-refractivity contribution is 0.301. The van der Waals surface area contributed by atoms with Crippen molar-refractivity contribution in [2.45, 2.75) is 71.1 Å². The summed E-state index contributed by atoms with van der Waals surface area (Å²) >= 11 is 5.79. The van der Waals surface area contributed by atoms with Crippen LogP contribution in [0.15, 0.2) is 42.5 Å². The molecule has 162 valence electrons. The highest BCUT2D eigenvalue weighted by Crippen LogP contribution is 2.31. The largest absolute Gasteiger partial charge is 0.206 e. The van der Waals surface area contributed by atoms with E-state index in [4.69, 9.17) is 11.6 Å². The van der Waals surface area contributed by atoms with Crippen LogP contribution in [0.5, 0.6) is 0 Å². The van der Waals surface area contributed by atoms with Crippen LogP contribution in [0.1, 0.15) is 81.4 Å². The lowest BCUT2D eigenvalue weighted by atomic mass is 9.80. The van der Waals surface area contributed by atoms with Crippen LogP contribution in [-0.4, -0.2) is 0 Å². The van der Waals surface area contributed by atoms with Crippen molar-refractivity contribution in [3.63, 3.8) is 0 Å². The number of rotatable bonds is 6. The lowest BCUT2D eigenvalue weighted by Crippen LogP contribution is -2.14. The Morgan fingerprint density at radius 3 is 2.45 bits per heavy atom. The van der Waals surface area contributed by atoms with Gasteiger partial charge in [-0.1, -0.05) is 61.3 Å². The summed E-state index contributed by atoms with van der Waals surface area (Å²) in [7, 11) is 0. The topological polar surface area (TPSA) is 0 Å². The Morgan fingerprint density at radius 2 is 1.74 bits per heavy atom. The van der Waals surface area contributed by atoms with E-state index in [1.54, 1.807) is 12.1 Å². The monoisotopic (exact) mass is 434 g/mol. The molecule has 0 nitrogen and oxygen atoms in total. The molecule has 0 heterocycles. The van der Waals surface area contributed by atoms with E-state index >= 15 is 0 Å². The van der Waals surface area contributed by atoms with Gasteiger partial charge >= 0.3 is 0 Å². The van der Waals surface area contributed by atoms with Gasteiger partial charge in [-0.25, -0.2) is 4.39 Å². The van der Waals surface area contributed by atoms with E-state index < -0.39 is 0 Å². The first-order valence-corrected chi connectivity index (χ1v) is 12.1. The van der Waals surface area contributed by atoms with Crippen LogP contribution in [-0.2, 0) is 6.42 Å². The fraction of sp³-hybridized carbons (Fsp3) is 0.448. The maximum Gasteiger partial charge on any atom is 0.140 e. The predicted octanol–water partition coefficient (Wildman–Crippen LogP) is 8.20. The second-order valence-electron chi connectivity index (χ2n) is 8.61. The van der Waals surface area contributed by atoms with Gasteiger partial charge in [0.15, 0.2) is 0 Å². The van der Waals surface area contributed by atoms with Crippen molar-refractivity contribution in [1.29, 1.82) is 0 Å². The Hall–Kier alpha value is -2.22. The van der Waals surface area contributed by atoms with Crippen LogP contribution < -0.4 is 0 Å². The van der Waals surface area contributed by atoms with E-state index in [0.717, 1.165) is 24.3 Å². The molecule has 0 radical (unpaired) electrons. The zero-order valence-corrected chi connectivity index (χ0v) is 19.3. The molecule has 31 heavy (non-hydrogen) atoms. The molecule has 1 fully saturated rings. The Bertz CT molecular complexity index is 944. The van der Waals surface area contributed by atoms with Crippen LogP contribution in [0.4, 0.5) is 4.39 Å². The third-order valence-corrected chi connectivity index (χ3v) is 6.36. The molecule has 1 aliphatic rings. The number of hydrogen-bond donors (Lipinski definition) is 0. The van der Waals surface area contributed by atoms with Crippen molar-refractivity contribution in [1.82, 2.24) is 0 Å². The van der Waals surface area contributed by atoms with Crippen LogP contribution in [0.3, 0.4) is 0 Å². The van der Waals surface area contributed by atoms with Gasteiger partial charge in [0.1, 0.15) is 5.82 Å². The third kappa shape index (κ3) is 8.09. The lowest BCUT2D eigenvalue weighted by Gasteiger charge is -2.25. The van der Waals surface area contributed by atoms with Crippen molar-refractivity contribution in [3.8, 4) is 23.7 Å². The van der Waals surface area contributed by atoms with Gasteiger partial charge in [-0.2, -0.15) is 0 Å². The average molecular weight is 435 g/mol. The zero-order chi connectivity index (χ0) is 21.9. The fourth-order valence-electron chi connectivity index (χ4n) is 4.13. The number of hydrogen-bond acceptors (Lipinski definition) is 0. The highest BCUT2D eigenvalue weighted by Gasteiger charge is 2.19. The predicted molar refractivity (Wildman–Crippen MR) is 130 cm³/mol. The molecule has 0 saturated heterocycles. The van der Waals surface area contributed by atoms with Gasteiger partial charge in [0.2, 0.25) is 0 Å². The quantitative estimate of drug-likeness (QED) is 0.317. The number of unbranched alkanes of at least 4 members (excludes halogenated alkanes) is 3. The van der Waals surface area contributed by atoms with Gasteiger partial charge in [0, 0.05) is 22.9 Å². The van der Waals surface area contributed by atoms with Crippen molar-refractivity contribution < 1.29 is 4.39 Å². The van der Waals surface area contributed by atoms with Crippen LogP contribution >= 0.6 is 11.6 Å². The number of benzene rings is 2. The molecular formula is C29H32ClF. The molecule has 1 saturated carbocycles. The fourth-order valence-corrected chi connectivity index (χ4v) is 4.29. The first kappa shape index (κ1) is 23.4. The molecule has 1 aliphatic carbocycles. The molecular weight excluding hydrogens is 403 g/mol. The summed E-state index contributed by atoms with van der Waals surface area (Å²) < 4.78 is 13.8. The van der Waals surface area contributed by atoms with E-state index in [-0.39, 0.29) is 5.82 Å². The minimum atomic E-state index is -0.381. The smallest absolute Gasteiger partial charge is 0.140 e. The van der Waals surface area contributed by atoms with Gasteiger partial charge in [-0.3, -0.25) is 0 Å². The van der Waals surface area contributed by atoms with Gasteiger partial charge < -0.3 is 0 Å². The third-order valence-electron chi connectivity index (χ3n) is 6.13. The zero-order valence-electron chi connectivity index (χ0n) is 18.5. The minimum absolute atomic E-state index is 0.370. The van der Waals surface area contributed by atoms with Gasteiger partial charge in [-0.05, 0) is 86.8 Å². The van der Waals surface area contributed by atoms with E-state index in [0.29, 0.717) is 16.5 Å². The van der Waals surface area contributed by atoms with Crippen LogP contribution in [0.2, 0.25) is 5.02 Å². The van der Waals surface area contributed by atoms with Gasteiger partial charge in [-0.15, -0.1) is 5.92 Å². The maximum atomic E-state index is 13.8. The number of aryl methyl sites for hydroxylation is 1. The maximum absolute atomic E-state index is 13.8. The molecule has 0 atom stereocenters. The summed E-state index contributed by atoms with van der Waals surface area (Å²) in [5, 5.41) is 0.385. The highest BCUT2D eigenvalue weighted by molar-refractivity contribution is 6.30. The van der Waals surface area contributed by atoms with Gasteiger partial charge in [0.25, 0.3) is 0 Å². The summed E-state index contributed by atoms with van der Waals surface area (Å²) in [6.07, 6.45) is 12.4. The van der Waals surface area contributed by atoms with Gasteiger partial charge in [0.05, 0.1) is 5.56 Å². The van der Waals surface area contributed by atoms with E-state index in [2.05, 4.69) is 42.7 Å². The Labute approximate surface area is 192 Å². The summed E-state index contributed by atoms with van der Waals surface area (Å²) in [5.74, 6) is 13.9. The Kier molecular flexibility index (Phi) is 9.52. The Morgan fingerprint density at radius 1 is 0.968 bits per heavy atom. The van der Waals surface area contributed by atoms with E-state index in [1.165, 1.54) is 63.0 Å². The molecule has 0 aromatic heterocycles. The molecule has 0 amide bonds. The molecule has 2 heteroatoms. The molecule has 0 unspecified atom stereocenters. The van der Waals surface area contributed by atoms with Crippen molar-refractivity contribution in [2.24, 2.45) is 11.8 Å². The van der Waals surface area contributed by atoms with Crippen molar-refractivity contribution in [3.05, 3.63) is 70.0 Å². The highest BCUT2D eigenvalue weighted by atomic mass is 35.5. The molecule has 0 bridgehead atoms. The summed E-state index contributed by atoms with van der Waals surface area (Å²) in [6, 6.07) is 12.9. The average Bonchev–Trinajstić information content (AvgIpc) is 2.78. The molecule has 0 spiro atoms. The second kappa shape index (κ2) is 12.6. The molecule has 3 rings (SSSR count). The van der Waals surface area contributed by atoms with E-state index in [9.17, 15) is 4.39 Å². The Balaban J connectivity index is 1.42. The summed E-state index contributed by atoms with van der Waals surface area (Å²) in [6.45, 7) is 2.24. The normalized spacial score (nSPS) is 17.9. The standard InChI is InChI=1S/C29H32ClF/c1-2-3-4-5-6-7-23-8-10-24(11-9-23)12-13-25-14-16-26(17-15-25)18-19-27-20-21-28(30)22-29(27)31/h14-17,20-24H,2-5,8-13H2,1H3. The molecule has 2 aromatic rings. The summed E-state index contributed by atoms with van der Waals surface area (Å²) in [5.41, 5.74) is 2.62.